The molecule has 1 saturated heterocycles. The van der Waals surface area contributed by atoms with Crippen LogP contribution in [0.15, 0.2) is 24.3 Å². The van der Waals surface area contributed by atoms with Gasteiger partial charge in [0.1, 0.15) is 5.75 Å². The summed E-state index contributed by atoms with van der Waals surface area (Å²) in [6.07, 6.45) is 4.92. The minimum Gasteiger partial charge on any atom is -0.494 e. The third-order valence-corrected chi connectivity index (χ3v) is 5.48. The molecule has 2 fully saturated rings. The number of nitriles is 1. The molecule has 1 saturated carbocycles. The maximum absolute atomic E-state index is 11.2. The number of rotatable bonds is 4. The molecule has 0 aromatic heterocycles. The lowest BCUT2D eigenvalue weighted by molar-refractivity contribution is -0.122. The minimum atomic E-state index is -0.589. The van der Waals surface area contributed by atoms with Crippen molar-refractivity contribution in [2.24, 2.45) is 5.92 Å². The molecule has 124 valence electrons. The Labute approximate surface area is 138 Å². The predicted molar refractivity (Wildman–Crippen MR) is 89.1 cm³/mol. The molecule has 0 bridgehead atoms. The molecule has 1 aliphatic heterocycles. The summed E-state index contributed by atoms with van der Waals surface area (Å²) >= 11 is 0. The van der Waals surface area contributed by atoms with Crippen molar-refractivity contribution in [1.82, 2.24) is 4.90 Å². The van der Waals surface area contributed by atoms with Crippen LogP contribution in [-0.2, 0) is 0 Å². The highest BCUT2D eigenvalue weighted by Crippen LogP contribution is 2.50. The molecule has 0 amide bonds. The van der Waals surface area contributed by atoms with Crippen LogP contribution in [0.3, 0.4) is 0 Å². The van der Waals surface area contributed by atoms with Crippen LogP contribution in [0.1, 0.15) is 50.6 Å². The average molecular weight is 314 g/mol. The minimum absolute atomic E-state index is 0.0662. The Morgan fingerprint density at radius 3 is 2.96 bits per heavy atom. The summed E-state index contributed by atoms with van der Waals surface area (Å²) < 4.78 is 5.84. The number of hydrogen-bond acceptors (Lipinski definition) is 4. The first-order valence-electron chi connectivity index (χ1n) is 8.74. The third kappa shape index (κ3) is 3.08. The second-order valence-electron chi connectivity index (χ2n) is 6.75. The van der Waals surface area contributed by atoms with Crippen molar-refractivity contribution < 1.29 is 9.84 Å². The van der Waals surface area contributed by atoms with E-state index in [1.54, 1.807) is 0 Å². The largest absolute Gasteiger partial charge is 0.494 e. The van der Waals surface area contributed by atoms with Crippen LogP contribution >= 0.6 is 0 Å². The molecular formula is C19H26N2O2. The van der Waals surface area contributed by atoms with Gasteiger partial charge in [-0.05, 0) is 32.3 Å². The van der Waals surface area contributed by atoms with Gasteiger partial charge in [-0.25, -0.2) is 0 Å². The maximum Gasteiger partial charge on any atom is 0.124 e. The fraction of sp³-hybridized carbons (Fsp3) is 0.632. The molecule has 3 atom stereocenters. The van der Waals surface area contributed by atoms with Gasteiger partial charge in [-0.1, -0.05) is 31.0 Å². The van der Waals surface area contributed by atoms with Crippen LogP contribution in [0, 0.1) is 17.2 Å². The number of benzene rings is 1. The number of hydrogen-bond donors (Lipinski definition) is 1. The van der Waals surface area contributed by atoms with E-state index in [1.807, 2.05) is 25.1 Å². The Hall–Kier alpha value is -1.57. The van der Waals surface area contributed by atoms with Crippen LogP contribution in [0.2, 0.25) is 0 Å². The fourth-order valence-corrected chi connectivity index (χ4v) is 4.44. The standard InChI is InChI=1S/C19H26N2O2/c1-2-23-17-9-4-3-7-15(17)18-16-8-5-6-10-19(16,22)11-13-21(18)14-12-20/h3-4,7,9,16,18,22H,2,5-6,8,10-11,13-14H2,1H3/t16-,18-,19+/m1/s1. The van der Waals surface area contributed by atoms with E-state index in [0.29, 0.717) is 13.2 Å². The van der Waals surface area contributed by atoms with E-state index < -0.39 is 5.60 Å². The van der Waals surface area contributed by atoms with E-state index in [2.05, 4.69) is 17.0 Å². The van der Waals surface area contributed by atoms with Crippen LogP contribution in [-0.4, -0.2) is 35.3 Å². The highest BCUT2D eigenvalue weighted by Gasteiger charge is 2.49. The molecule has 1 aromatic rings. The van der Waals surface area contributed by atoms with Gasteiger partial charge in [0.15, 0.2) is 0 Å². The van der Waals surface area contributed by atoms with Crippen LogP contribution in [0.4, 0.5) is 0 Å². The smallest absolute Gasteiger partial charge is 0.124 e. The number of fused-ring (bicyclic) bond motifs is 1. The van der Waals surface area contributed by atoms with Gasteiger partial charge in [-0.2, -0.15) is 5.26 Å². The molecule has 3 rings (SSSR count). The van der Waals surface area contributed by atoms with E-state index in [1.165, 1.54) is 0 Å². The lowest BCUT2D eigenvalue weighted by Gasteiger charge is -2.52. The molecular weight excluding hydrogens is 288 g/mol. The van der Waals surface area contributed by atoms with Crippen LogP contribution in [0.5, 0.6) is 5.75 Å². The number of aliphatic hydroxyl groups is 1. The normalized spacial score (nSPS) is 31.2. The molecule has 23 heavy (non-hydrogen) atoms. The molecule has 4 heteroatoms. The summed E-state index contributed by atoms with van der Waals surface area (Å²) in [6, 6.07) is 10.5. The predicted octanol–water partition coefficient (Wildman–Crippen LogP) is 3.28. The first-order valence-corrected chi connectivity index (χ1v) is 8.74. The Morgan fingerprint density at radius 1 is 1.35 bits per heavy atom. The maximum atomic E-state index is 11.2. The van der Waals surface area contributed by atoms with Crippen molar-refractivity contribution in [3.05, 3.63) is 29.8 Å². The second-order valence-corrected chi connectivity index (χ2v) is 6.75. The molecule has 1 N–H and O–H groups in total. The first kappa shape index (κ1) is 16.3. The van der Waals surface area contributed by atoms with E-state index in [4.69, 9.17) is 4.74 Å². The Kier molecular flexibility index (Phi) is 4.89. The van der Waals surface area contributed by atoms with Gasteiger partial charge in [0, 0.05) is 24.1 Å². The van der Waals surface area contributed by atoms with Crippen molar-refractivity contribution in [2.45, 2.75) is 50.7 Å². The number of piperidine rings is 1. The average Bonchev–Trinajstić information content (AvgIpc) is 2.56. The molecule has 1 aliphatic carbocycles. The molecule has 1 heterocycles. The van der Waals surface area contributed by atoms with Crippen molar-refractivity contribution in [2.75, 3.05) is 19.7 Å². The zero-order chi connectivity index (χ0) is 16.3. The van der Waals surface area contributed by atoms with Crippen LogP contribution < -0.4 is 4.74 Å². The van der Waals surface area contributed by atoms with Gasteiger partial charge < -0.3 is 9.84 Å². The van der Waals surface area contributed by atoms with Gasteiger partial charge in [-0.15, -0.1) is 0 Å². The summed E-state index contributed by atoms with van der Waals surface area (Å²) in [5.74, 6) is 1.07. The molecule has 1 aromatic carbocycles. The summed E-state index contributed by atoms with van der Waals surface area (Å²) in [7, 11) is 0. The van der Waals surface area contributed by atoms with Gasteiger partial charge in [0.2, 0.25) is 0 Å². The topological polar surface area (TPSA) is 56.5 Å². The van der Waals surface area contributed by atoms with E-state index in [9.17, 15) is 10.4 Å². The molecule has 2 aliphatic rings. The molecule has 0 unspecified atom stereocenters. The van der Waals surface area contributed by atoms with Gasteiger partial charge in [0.05, 0.1) is 24.8 Å². The highest BCUT2D eigenvalue weighted by molar-refractivity contribution is 5.37. The van der Waals surface area contributed by atoms with Gasteiger partial charge in [-0.3, -0.25) is 4.90 Å². The quantitative estimate of drug-likeness (QED) is 0.867. The molecule has 0 spiro atoms. The third-order valence-electron chi connectivity index (χ3n) is 5.48. The SMILES string of the molecule is CCOc1ccccc1[C@@H]1[C@H]2CCCC[C@]2(O)CCN1CC#N. The second kappa shape index (κ2) is 6.90. The number of likely N-dealkylation sites (tertiary alicyclic amines) is 1. The fourth-order valence-electron chi connectivity index (χ4n) is 4.44. The summed E-state index contributed by atoms with van der Waals surface area (Å²) in [6.45, 7) is 3.78. The van der Waals surface area contributed by atoms with E-state index in [-0.39, 0.29) is 12.0 Å². The molecule has 4 nitrogen and oxygen atoms in total. The van der Waals surface area contributed by atoms with Crippen molar-refractivity contribution in [3.63, 3.8) is 0 Å². The number of nitrogens with zero attached hydrogens (tertiary/aromatic N) is 2. The van der Waals surface area contributed by atoms with Crippen molar-refractivity contribution in [3.8, 4) is 11.8 Å². The first-order chi connectivity index (χ1) is 11.2. The Morgan fingerprint density at radius 2 is 2.17 bits per heavy atom. The summed E-state index contributed by atoms with van der Waals surface area (Å²) in [4.78, 5) is 2.22. The zero-order valence-corrected chi connectivity index (χ0v) is 13.9. The van der Waals surface area contributed by atoms with Crippen molar-refractivity contribution >= 4 is 0 Å². The molecule has 0 radical (unpaired) electrons. The van der Waals surface area contributed by atoms with E-state index >= 15 is 0 Å². The van der Waals surface area contributed by atoms with Gasteiger partial charge in [0.25, 0.3) is 0 Å². The summed E-state index contributed by atoms with van der Waals surface area (Å²) in [5, 5.41) is 20.4. The lowest BCUT2D eigenvalue weighted by atomic mass is 9.66. The Balaban J connectivity index is 2.01. The number of ether oxygens (including phenoxy) is 1. The highest BCUT2D eigenvalue weighted by atomic mass is 16.5. The Bertz CT molecular complexity index is 583. The van der Waals surface area contributed by atoms with Crippen LogP contribution in [0.25, 0.3) is 0 Å². The van der Waals surface area contributed by atoms with Gasteiger partial charge >= 0.3 is 0 Å². The van der Waals surface area contributed by atoms with Crippen molar-refractivity contribution in [1.29, 1.82) is 5.26 Å². The van der Waals surface area contributed by atoms with E-state index in [0.717, 1.165) is 50.0 Å². The zero-order valence-electron chi connectivity index (χ0n) is 13.9. The summed E-state index contributed by atoms with van der Waals surface area (Å²) in [5.41, 5.74) is 0.531. The monoisotopic (exact) mass is 314 g/mol. The number of para-hydroxylation sites is 1. The lowest BCUT2D eigenvalue weighted by Crippen LogP contribution is -2.54.